The van der Waals surface area contributed by atoms with Crippen molar-refractivity contribution in [2.75, 3.05) is 0 Å². The van der Waals surface area contributed by atoms with Gasteiger partial charge in [-0.25, -0.2) is 0 Å². The molecule has 0 bridgehead atoms. The van der Waals surface area contributed by atoms with Crippen LogP contribution in [-0.2, 0) is 20.1 Å². The summed E-state index contributed by atoms with van der Waals surface area (Å²) in [5, 5.41) is 12.4. The van der Waals surface area contributed by atoms with E-state index in [0.29, 0.717) is 30.3 Å². The number of fused-ring (bicyclic) bond motifs is 1. The number of hydrogen-bond acceptors (Lipinski definition) is 5. The van der Waals surface area contributed by atoms with Gasteiger partial charge in [0.25, 0.3) is 5.91 Å². The highest BCUT2D eigenvalue weighted by Crippen LogP contribution is 2.22. The van der Waals surface area contributed by atoms with Gasteiger partial charge in [0.1, 0.15) is 0 Å². The highest BCUT2D eigenvalue weighted by atomic mass is 16.2. The fraction of sp³-hybridized carbons (Fsp3) is 0.267. The van der Waals surface area contributed by atoms with E-state index in [1.165, 1.54) is 0 Å². The fourth-order valence-electron chi connectivity index (χ4n) is 2.75. The van der Waals surface area contributed by atoms with Crippen molar-refractivity contribution in [3.05, 3.63) is 53.2 Å². The van der Waals surface area contributed by atoms with E-state index >= 15 is 0 Å². The van der Waals surface area contributed by atoms with Crippen molar-refractivity contribution in [2.45, 2.75) is 20.0 Å². The number of pyridine rings is 1. The van der Waals surface area contributed by atoms with Crippen molar-refractivity contribution in [1.29, 1.82) is 0 Å². The smallest absolute Gasteiger partial charge is 0.276 e. The molecule has 0 unspecified atom stereocenters. The summed E-state index contributed by atoms with van der Waals surface area (Å²) >= 11 is 0. The number of carbonyl (C=O) groups excluding carboxylic acids is 1. The number of carbonyl (C=O) groups is 1. The average Bonchev–Trinajstić information content (AvgIpc) is 3.24. The molecular formula is C15H15N7O. The van der Waals surface area contributed by atoms with Gasteiger partial charge in [-0.3, -0.25) is 14.5 Å². The Morgan fingerprint density at radius 1 is 1.26 bits per heavy atom. The maximum Gasteiger partial charge on any atom is 0.276 e. The van der Waals surface area contributed by atoms with E-state index < -0.39 is 0 Å². The van der Waals surface area contributed by atoms with E-state index in [1.807, 2.05) is 38.4 Å². The molecule has 1 aliphatic rings. The van der Waals surface area contributed by atoms with Crippen molar-refractivity contribution < 1.29 is 4.79 Å². The summed E-state index contributed by atoms with van der Waals surface area (Å²) in [6.45, 7) is 2.88. The third-order valence-corrected chi connectivity index (χ3v) is 3.99. The number of rotatable bonds is 2. The van der Waals surface area contributed by atoms with Gasteiger partial charge in [0.05, 0.1) is 17.9 Å². The molecule has 1 aliphatic heterocycles. The van der Waals surface area contributed by atoms with E-state index in [1.54, 1.807) is 20.5 Å². The predicted molar refractivity (Wildman–Crippen MR) is 80.7 cm³/mol. The van der Waals surface area contributed by atoms with Gasteiger partial charge in [0.2, 0.25) is 0 Å². The Kier molecular flexibility index (Phi) is 2.97. The second-order valence-corrected chi connectivity index (χ2v) is 5.55. The van der Waals surface area contributed by atoms with Crippen LogP contribution in [0.5, 0.6) is 0 Å². The number of nitrogens with zero attached hydrogens (tertiary/aromatic N) is 7. The second-order valence-electron chi connectivity index (χ2n) is 5.55. The van der Waals surface area contributed by atoms with Crippen LogP contribution in [0.15, 0.2) is 30.6 Å². The summed E-state index contributed by atoms with van der Waals surface area (Å²) in [6.07, 6.45) is 3.57. The Balaban J connectivity index is 1.62. The molecule has 0 N–H and O–H groups in total. The normalized spacial score (nSPS) is 13.4. The van der Waals surface area contributed by atoms with Crippen molar-refractivity contribution in [3.63, 3.8) is 0 Å². The second kappa shape index (κ2) is 5.01. The Morgan fingerprint density at radius 3 is 2.87 bits per heavy atom. The highest BCUT2D eigenvalue weighted by molar-refractivity contribution is 5.93. The largest absolute Gasteiger partial charge is 0.327 e. The molecule has 0 fully saturated rings. The average molecular weight is 309 g/mol. The number of amides is 1. The van der Waals surface area contributed by atoms with Crippen LogP contribution >= 0.6 is 0 Å². The van der Waals surface area contributed by atoms with Crippen LogP contribution in [0.2, 0.25) is 0 Å². The zero-order chi connectivity index (χ0) is 16.0. The van der Waals surface area contributed by atoms with Crippen molar-refractivity contribution >= 4 is 5.91 Å². The predicted octanol–water partition coefficient (Wildman–Crippen LogP) is 0.860. The van der Waals surface area contributed by atoms with Gasteiger partial charge in [0.15, 0.2) is 11.5 Å². The SMILES string of the molecule is Cc1c(C(=O)N2Cc3cccnc3C2)nnn1-c1ccn(C)n1. The molecule has 3 aromatic rings. The molecule has 0 saturated heterocycles. The molecule has 8 nitrogen and oxygen atoms in total. The molecule has 23 heavy (non-hydrogen) atoms. The maximum absolute atomic E-state index is 12.7. The molecule has 8 heteroatoms. The third-order valence-electron chi connectivity index (χ3n) is 3.99. The summed E-state index contributed by atoms with van der Waals surface area (Å²) in [5.41, 5.74) is 3.05. The lowest BCUT2D eigenvalue weighted by Crippen LogP contribution is -2.26. The van der Waals surface area contributed by atoms with Crippen molar-refractivity contribution in [2.24, 2.45) is 7.05 Å². The summed E-state index contributed by atoms with van der Waals surface area (Å²) in [4.78, 5) is 18.8. The quantitative estimate of drug-likeness (QED) is 0.701. The fourth-order valence-corrected chi connectivity index (χ4v) is 2.75. The molecule has 0 aliphatic carbocycles. The first-order valence-electron chi connectivity index (χ1n) is 7.28. The Hall–Kier alpha value is -3.03. The Bertz CT molecular complexity index is 870. The number of aryl methyl sites for hydroxylation is 1. The van der Waals surface area contributed by atoms with E-state index in [4.69, 9.17) is 0 Å². The first-order chi connectivity index (χ1) is 11.1. The minimum absolute atomic E-state index is 0.136. The lowest BCUT2D eigenvalue weighted by molar-refractivity contribution is 0.0743. The van der Waals surface area contributed by atoms with E-state index in [0.717, 1.165) is 11.3 Å². The molecular weight excluding hydrogens is 294 g/mol. The lowest BCUT2D eigenvalue weighted by Gasteiger charge is -2.13. The van der Waals surface area contributed by atoms with Crippen LogP contribution in [0.1, 0.15) is 27.4 Å². The van der Waals surface area contributed by atoms with Gasteiger partial charge >= 0.3 is 0 Å². The molecule has 0 radical (unpaired) electrons. The third kappa shape index (κ3) is 2.19. The summed E-state index contributed by atoms with van der Waals surface area (Å²) in [7, 11) is 1.83. The van der Waals surface area contributed by atoms with Gasteiger partial charge in [-0.15, -0.1) is 5.10 Å². The van der Waals surface area contributed by atoms with E-state index in [-0.39, 0.29) is 5.91 Å². The van der Waals surface area contributed by atoms with Crippen LogP contribution in [0.4, 0.5) is 0 Å². The minimum atomic E-state index is -0.136. The van der Waals surface area contributed by atoms with Gasteiger partial charge in [-0.1, -0.05) is 11.3 Å². The summed E-state index contributed by atoms with van der Waals surface area (Å²) < 4.78 is 3.26. The highest BCUT2D eigenvalue weighted by Gasteiger charge is 2.28. The van der Waals surface area contributed by atoms with E-state index in [9.17, 15) is 4.79 Å². The van der Waals surface area contributed by atoms with Gasteiger partial charge in [0, 0.05) is 32.1 Å². The molecule has 116 valence electrons. The van der Waals surface area contributed by atoms with Gasteiger partial charge in [-0.2, -0.15) is 9.78 Å². The van der Waals surface area contributed by atoms with E-state index in [2.05, 4.69) is 20.4 Å². The number of aromatic nitrogens is 6. The van der Waals surface area contributed by atoms with Crippen LogP contribution in [-0.4, -0.2) is 40.6 Å². The van der Waals surface area contributed by atoms with Crippen molar-refractivity contribution in [3.8, 4) is 5.82 Å². The van der Waals surface area contributed by atoms with Crippen LogP contribution < -0.4 is 0 Å². The maximum atomic E-state index is 12.7. The number of hydrogen-bond donors (Lipinski definition) is 0. The van der Waals surface area contributed by atoms with Gasteiger partial charge in [-0.05, 0) is 18.6 Å². The molecule has 1 amide bonds. The Labute approximate surface area is 132 Å². The summed E-state index contributed by atoms with van der Waals surface area (Å²) in [5.74, 6) is 0.505. The summed E-state index contributed by atoms with van der Waals surface area (Å²) in [6, 6.07) is 5.70. The standard InChI is InChI=1S/C15H15N7O/c1-10-14(17-19-22(10)13-5-7-20(2)18-13)15(23)21-8-11-4-3-6-16-12(11)9-21/h3-7H,8-9H2,1-2H3. The topological polar surface area (TPSA) is 81.7 Å². The molecule has 0 saturated carbocycles. The molecule has 3 aromatic heterocycles. The monoisotopic (exact) mass is 309 g/mol. The molecule has 0 spiro atoms. The first kappa shape index (κ1) is 13.6. The zero-order valence-electron chi connectivity index (χ0n) is 12.8. The zero-order valence-corrected chi connectivity index (χ0v) is 12.8. The Morgan fingerprint density at radius 2 is 2.13 bits per heavy atom. The van der Waals surface area contributed by atoms with Gasteiger partial charge < -0.3 is 4.90 Å². The molecule has 0 atom stereocenters. The minimum Gasteiger partial charge on any atom is -0.327 e. The van der Waals surface area contributed by atoms with Crippen LogP contribution in [0, 0.1) is 6.92 Å². The molecule has 4 rings (SSSR count). The van der Waals surface area contributed by atoms with Crippen LogP contribution in [0.3, 0.4) is 0 Å². The molecule has 0 aromatic carbocycles. The van der Waals surface area contributed by atoms with Crippen molar-refractivity contribution in [1.82, 2.24) is 34.7 Å². The van der Waals surface area contributed by atoms with Crippen LogP contribution in [0.25, 0.3) is 5.82 Å². The molecule has 4 heterocycles. The lowest BCUT2D eigenvalue weighted by atomic mass is 10.2. The first-order valence-corrected chi connectivity index (χ1v) is 7.28.